The van der Waals surface area contributed by atoms with E-state index in [1.807, 2.05) is 48.0 Å². The van der Waals surface area contributed by atoms with Crippen molar-refractivity contribution in [2.24, 2.45) is 7.05 Å². The predicted octanol–water partition coefficient (Wildman–Crippen LogP) is 3.37. The van der Waals surface area contributed by atoms with Gasteiger partial charge >= 0.3 is 0 Å². The summed E-state index contributed by atoms with van der Waals surface area (Å²) in [6.07, 6.45) is 3.45. The van der Waals surface area contributed by atoms with Crippen molar-refractivity contribution < 1.29 is 4.79 Å². The molecule has 3 aromatic rings. The Bertz CT molecular complexity index is 835. The Morgan fingerprint density at radius 2 is 2.04 bits per heavy atom. The number of aromatic nitrogens is 4. The molecule has 0 bridgehead atoms. The average molecular weight is 404 g/mol. The van der Waals surface area contributed by atoms with Crippen molar-refractivity contribution in [3.63, 3.8) is 0 Å². The highest BCUT2D eigenvalue weighted by Crippen LogP contribution is 2.22. The molecular formula is C16H14BrN5OS. The number of anilines is 1. The highest BCUT2D eigenvalue weighted by atomic mass is 79.9. The number of halogens is 1. The molecule has 24 heavy (non-hydrogen) atoms. The van der Waals surface area contributed by atoms with E-state index in [1.165, 1.54) is 11.8 Å². The molecule has 0 saturated heterocycles. The van der Waals surface area contributed by atoms with Crippen molar-refractivity contribution in [3.8, 4) is 11.4 Å². The molecule has 122 valence electrons. The van der Waals surface area contributed by atoms with Gasteiger partial charge in [-0.1, -0.05) is 27.7 Å². The Balaban J connectivity index is 1.62. The zero-order valence-corrected chi connectivity index (χ0v) is 15.2. The lowest BCUT2D eigenvalue weighted by Gasteiger charge is -2.05. The van der Waals surface area contributed by atoms with Gasteiger partial charge in [0.1, 0.15) is 0 Å². The largest absolute Gasteiger partial charge is 0.325 e. The summed E-state index contributed by atoms with van der Waals surface area (Å²) < 4.78 is 2.83. The summed E-state index contributed by atoms with van der Waals surface area (Å²) in [7, 11) is 1.87. The molecule has 2 heterocycles. The molecule has 0 spiro atoms. The second kappa shape index (κ2) is 7.59. The molecule has 0 radical (unpaired) electrons. The van der Waals surface area contributed by atoms with Gasteiger partial charge in [0.2, 0.25) is 5.91 Å². The third kappa shape index (κ3) is 4.01. The maximum absolute atomic E-state index is 12.0. The molecule has 6 nitrogen and oxygen atoms in total. The Kier molecular flexibility index (Phi) is 5.27. The van der Waals surface area contributed by atoms with Crippen molar-refractivity contribution in [2.75, 3.05) is 11.1 Å². The zero-order valence-electron chi connectivity index (χ0n) is 12.8. The summed E-state index contributed by atoms with van der Waals surface area (Å²) in [6.45, 7) is 0. The molecule has 1 aromatic carbocycles. The fourth-order valence-corrected chi connectivity index (χ4v) is 3.02. The van der Waals surface area contributed by atoms with Crippen molar-refractivity contribution >= 4 is 39.3 Å². The van der Waals surface area contributed by atoms with Crippen LogP contribution in [0.5, 0.6) is 0 Å². The van der Waals surface area contributed by atoms with Crippen molar-refractivity contribution in [2.45, 2.75) is 5.16 Å². The second-order valence-corrected chi connectivity index (χ2v) is 6.81. The molecule has 0 fully saturated rings. The number of hydrogen-bond donors (Lipinski definition) is 1. The number of carbonyl (C=O) groups is 1. The fourth-order valence-electron chi connectivity index (χ4n) is 2.05. The van der Waals surface area contributed by atoms with Crippen molar-refractivity contribution in [1.82, 2.24) is 19.7 Å². The van der Waals surface area contributed by atoms with Crippen LogP contribution >= 0.6 is 27.7 Å². The fraction of sp³-hybridized carbons (Fsp3) is 0.125. The highest BCUT2D eigenvalue weighted by Gasteiger charge is 2.13. The first kappa shape index (κ1) is 16.7. The lowest BCUT2D eigenvalue weighted by atomic mass is 10.3. The SMILES string of the molecule is Cn1c(SCC(=O)Nc2ccc(Br)cc2)nnc1-c1cccnc1. The number of nitrogens with one attached hydrogen (secondary N) is 1. The van der Waals surface area contributed by atoms with E-state index in [0.29, 0.717) is 5.16 Å². The molecule has 0 aliphatic carbocycles. The van der Waals surface area contributed by atoms with Crippen LogP contribution in [0.4, 0.5) is 5.69 Å². The number of carbonyl (C=O) groups excluding carboxylic acids is 1. The number of nitrogens with zero attached hydrogens (tertiary/aromatic N) is 4. The van der Waals surface area contributed by atoms with Gasteiger partial charge in [0.05, 0.1) is 5.75 Å². The van der Waals surface area contributed by atoms with Crippen LogP contribution in [0.2, 0.25) is 0 Å². The second-order valence-electron chi connectivity index (χ2n) is 4.95. The van der Waals surface area contributed by atoms with Gasteiger partial charge in [-0.15, -0.1) is 10.2 Å². The molecule has 3 rings (SSSR count). The lowest BCUT2D eigenvalue weighted by Crippen LogP contribution is -2.14. The summed E-state index contributed by atoms with van der Waals surface area (Å²) in [5.74, 6) is 0.891. The molecular weight excluding hydrogens is 390 g/mol. The minimum atomic E-state index is -0.0896. The summed E-state index contributed by atoms with van der Waals surface area (Å²) in [5.41, 5.74) is 1.65. The van der Waals surface area contributed by atoms with E-state index >= 15 is 0 Å². The summed E-state index contributed by atoms with van der Waals surface area (Å²) in [4.78, 5) is 16.1. The standard InChI is InChI=1S/C16H14BrN5OS/c1-22-15(11-3-2-8-18-9-11)20-21-16(22)24-10-14(23)19-13-6-4-12(17)5-7-13/h2-9H,10H2,1H3,(H,19,23). The monoisotopic (exact) mass is 403 g/mol. The van der Waals surface area contributed by atoms with Crippen LogP contribution in [0.1, 0.15) is 0 Å². The molecule has 8 heteroatoms. The van der Waals surface area contributed by atoms with Gasteiger partial charge in [0.15, 0.2) is 11.0 Å². The molecule has 0 aliphatic rings. The average Bonchev–Trinajstić information content (AvgIpc) is 2.97. The Labute approximate surface area is 151 Å². The van der Waals surface area contributed by atoms with Crippen LogP contribution in [0, 0.1) is 0 Å². The Hall–Kier alpha value is -2.19. The quantitative estimate of drug-likeness (QED) is 0.661. The lowest BCUT2D eigenvalue weighted by molar-refractivity contribution is -0.113. The third-order valence-corrected chi connectivity index (χ3v) is 4.76. The number of rotatable bonds is 5. The van der Waals surface area contributed by atoms with Crippen LogP contribution in [-0.4, -0.2) is 31.4 Å². The summed E-state index contributed by atoms with van der Waals surface area (Å²) in [6, 6.07) is 11.2. The first-order valence-electron chi connectivity index (χ1n) is 7.11. The van der Waals surface area contributed by atoms with Gasteiger partial charge in [-0.3, -0.25) is 9.78 Å². The summed E-state index contributed by atoms with van der Waals surface area (Å²) in [5, 5.41) is 11.8. The minimum Gasteiger partial charge on any atom is -0.325 e. The number of amides is 1. The van der Waals surface area contributed by atoms with E-state index in [0.717, 1.165) is 21.5 Å². The first-order chi connectivity index (χ1) is 11.6. The normalized spacial score (nSPS) is 10.6. The van der Waals surface area contributed by atoms with E-state index in [-0.39, 0.29) is 11.7 Å². The molecule has 1 N–H and O–H groups in total. The molecule has 2 aromatic heterocycles. The van der Waals surface area contributed by atoms with Crippen LogP contribution < -0.4 is 5.32 Å². The minimum absolute atomic E-state index is 0.0896. The third-order valence-electron chi connectivity index (χ3n) is 3.21. The van der Waals surface area contributed by atoms with Crippen molar-refractivity contribution in [1.29, 1.82) is 0 Å². The zero-order chi connectivity index (χ0) is 16.9. The van der Waals surface area contributed by atoms with E-state index < -0.39 is 0 Å². The van der Waals surface area contributed by atoms with Crippen molar-refractivity contribution in [3.05, 3.63) is 53.3 Å². The molecule has 0 saturated carbocycles. The van der Waals surface area contributed by atoms with E-state index in [1.54, 1.807) is 12.4 Å². The summed E-state index contributed by atoms with van der Waals surface area (Å²) >= 11 is 4.70. The number of thioether (sulfide) groups is 1. The van der Waals surface area contributed by atoms with E-state index in [2.05, 4.69) is 36.4 Å². The van der Waals surface area contributed by atoms with Crippen LogP contribution in [-0.2, 0) is 11.8 Å². The molecule has 0 atom stereocenters. The predicted molar refractivity (Wildman–Crippen MR) is 97.7 cm³/mol. The Morgan fingerprint density at radius 3 is 2.75 bits per heavy atom. The number of pyridine rings is 1. The van der Waals surface area contributed by atoms with E-state index in [4.69, 9.17) is 0 Å². The van der Waals surface area contributed by atoms with Gasteiger partial charge in [-0.2, -0.15) is 0 Å². The first-order valence-corrected chi connectivity index (χ1v) is 8.89. The van der Waals surface area contributed by atoms with Gasteiger partial charge < -0.3 is 9.88 Å². The maximum atomic E-state index is 12.0. The molecule has 1 amide bonds. The van der Waals surface area contributed by atoms with Crippen LogP contribution in [0.15, 0.2) is 58.4 Å². The highest BCUT2D eigenvalue weighted by molar-refractivity contribution is 9.10. The van der Waals surface area contributed by atoms with Crippen LogP contribution in [0.3, 0.4) is 0 Å². The number of benzene rings is 1. The molecule has 0 aliphatic heterocycles. The smallest absolute Gasteiger partial charge is 0.234 e. The Morgan fingerprint density at radius 1 is 1.25 bits per heavy atom. The molecule has 0 unspecified atom stereocenters. The van der Waals surface area contributed by atoms with Gasteiger partial charge in [0.25, 0.3) is 0 Å². The van der Waals surface area contributed by atoms with Gasteiger partial charge in [-0.25, -0.2) is 0 Å². The van der Waals surface area contributed by atoms with Gasteiger partial charge in [-0.05, 0) is 36.4 Å². The topological polar surface area (TPSA) is 72.7 Å². The number of hydrogen-bond acceptors (Lipinski definition) is 5. The van der Waals surface area contributed by atoms with Gasteiger partial charge in [0, 0.05) is 35.2 Å². The van der Waals surface area contributed by atoms with Crippen LogP contribution in [0.25, 0.3) is 11.4 Å². The van der Waals surface area contributed by atoms with E-state index in [9.17, 15) is 4.79 Å². The maximum Gasteiger partial charge on any atom is 0.234 e.